The van der Waals surface area contributed by atoms with Crippen molar-refractivity contribution in [3.63, 3.8) is 0 Å². The molecule has 2 unspecified atom stereocenters. The van der Waals surface area contributed by atoms with Crippen LogP contribution in [0.3, 0.4) is 0 Å². The number of pyridine rings is 1. The number of nitrogens with one attached hydrogen (secondary N) is 1. The highest BCUT2D eigenvalue weighted by molar-refractivity contribution is 7.99. The van der Waals surface area contributed by atoms with Crippen LogP contribution >= 0.6 is 11.8 Å². The van der Waals surface area contributed by atoms with E-state index >= 15 is 0 Å². The van der Waals surface area contributed by atoms with Gasteiger partial charge in [-0.2, -0.15) is 0 Å². The average Bonchev–Trinajstić information content (AvgIpc) is 2.73. The largest absolute Gasteiger partial charge is 0.394 e. The number of aliphatic hydroxyl groups is 1. The molecule has 0 saturated heterocycles. The molecule has 1 aromatic rings. The zero-order valence-electron chi connectivity index (χ0n) is 11.1. The maximum absolute atomic E-state index is 9.66. The van der Waals surface area contributed by atoms with Crippen molar-refractivity contribution in [2.45, 2.75) is 55.0 Å². The van der Waals surface area contributed by atoms with E-state index in [4.69, 9.17) is 0 Å². The second-order valence-electron chi connectivity index (χ2n) is 5.39. The van der Waals surface area contributed by atoms with Crippen molar-refractivity contribution in [3.8, 4) is 0 Å². The molecule has 2 rings (SSSR count). The lowest BCUT2D eigenvalue weighted by atomic mass is 9.98. The lowest BCUT2D eigenvalue weighted by Gasteiger charge is -2.31. The van der Waals surface area contributed by atoms with Crippen LogP contribution in [0.25, 0.3) is 0 Å². The van der Waals surface area contributed by atoms with Crippen LogP contribution in [0.2, 0.25) is 0 Å². The molecule has 0 aliphatic heterocycles. The third kappa shape index (κ3) is 3.46. The second-order valence-corrected chi connectivity index (χ2v) is 6.71. The second kappa shape index (κ2) is 6.04. The van der Waals surface area contributed by atoms with E-state index in [0.29, 0.717) is 11.3 Å². The quantitative estimate of drug-likeness (QED) is 0.859. The molecule has 1 aliphatic carbocycles. The zero-order chi connectivity index (χ0) is 13.0. The number of hydrogen-bond donors (Lipinski definition) is 2. The molecule has 1 aliphatic rings. The van der Waals surface area contributed by atoms with E-state index in [9.17, 15) is 5.11 Å². The van der Waals surface area contributed by atoms with Crippen molar-refractivity contribution in [2.24, 2.45) is 0 Å². The Balaban J connectivity index is 1.94. The van der Waals surface area contributed by atoms with Crippen molar-refractivity contribution in [1.82, 2.24) is 10.3 Å². The summed E-state index contributed by atoms with van der Waals surface area (Å²) >= 11 is 1.83. The third-order valence-electron chi connectivity index (χ3n) is 3.39. The van der Waals surface area contributed by atoms with Gasteiger partial charge in [0, 0.05) is 23.0 Å². The van der Waals surface area contributed by atoms with Crippen molar-refractivity contribution in [2.75, 3.05) is 6.61 Å². The first-order chi connectivity index (χ1) is 8.63. The predicted molar refractivity (Wildman–Crippen MR) is 75.8 cm³/mol. The van der Waals surface area contributed by atoms with Gasteiger partial charge in [0.1, 0.15) is 0 Å². The van der Waals surface area contributed by atoms with Gasteiger partial charge in [0.2, 0.25) is 0 Å². The Morgan fingerprint density at radius 2 is 2.39 bits per heavy atom. The topological polar surface area (TPSA) is 45.1 Å². The molecular formula is C14H22N2OS. The van der Waals surface area contributed by atoms with E-state index in [1.54, 1.807) is 0 Å². The number of hydrogen-bond acceptors (Lipinski definition) is 4. The molecule has 18 heavy (non-hydrogen) atoms. The maximum atomic E-state index is 9.66. The van der Waals surface area contributed by atoms with Gasteiger partial charge in [-0.05, 0) is 31.4 Å². The fourth-order valence-electron chi connectivity index (χ4n) is 2.70. The molecule has 1 heterocycles. The summed E-state index contributed by atoms with van der Waals surface area (Å²) in [5, 5.41) is 14.8. The molecule has 0 spiro atoms. The van der Waals surface area contributed by atoms with Gasteiger partial charge < -0.3 is 10.4 Å². The summed E-state index contributed by atoms with van der Waals surface area (Å²) < 4.78 is 0. The van der Waals surface area contributed by atoms with Gasteiger partial charge in [0.15, 0.2) is 0 Å². The first kappa shape index (κ1) is 13.8. The summed E-state index contributed by atoms with van der Waals surface area (Å²) in [6.45, 7) is 4.50. The molecule has 0 aromatic carbocycles. The van der Waals surface area contributed by atoms with Crippen LogP contribution < -0.4 is 5.32 Å². The minimum absolute atomic E-state index is 0.0827. The van der Waals surface area contributed by atoms with Gasteiger partial charge in [0.05, 0.1) is 11.6 Å². The first-order valence-corrected chi connectivity index (χ1v) is 7.48. The van der Waals surface area contributed by atoms with Gasteiger partial charge in [-0.3, -0.25) is 0 Å². The normalized spacial score (nSPS) is 27.9. The van der Waals surface area contributed by atoms with Crippen molar-refractivity contribution < 1.29 is 5.11 Å². The molecule has 2 atom stereocenters. The molecule has 0 bridgehead atoms. The Morgan fingerprint density at radius 3 is 3.00 bits per heavy atom. The minimum Gasteiger partial charge on any atom is -0.394 e. The molecule has 100 valence electrons. The number of rotatable bonds is 5. The standard InChI is InChI=1S/C14H22N2OS/c1-11(2)16-14(10-17)7-6-12(9-14)18-13-5-3-4-8-15-13/h3-5,8,11-12,16-17H,6-7,9-10H2,1-2H3. The highest BCUT2D eigenvalue weighted by atomic mass is 32.2. The van der Waals surface area contributed by atoms with E-state index < -0.39 is 0 Å². The Kier molecular flexibility index (Phi) is 4.65. The van der Waals surface area contributed by atoms with Crippen LogP contribution in [-0.4, -0.2) is 33.5 Å². The summed E-state index contributed by atoms with van der Waals surface area (Å²) in [6.07, 6.45) is 5.04. The zero-order valence-corrected chi connectivity index (χ0v) is 11.9. The summed E-state index contributed by atoms with van der Waals surface area (Å²) in [7, 11) is 0. The predicted octanol–water partition coefficient (Wildman–Crippen LogP) is 2.46. The Hall–Kier alpha value is -0.580. The molecule has 2 N–H and O–H groups in total. The lowest BCUT2D eigenvalue weighted by molar-refractivity contribution is 0.156. The molecule has 0 amide bonds. The molecule has 3 nitrogen and oxygen atoms in total. The highest BCUT2D eigenvalue weighted by Gasteiger charge is 2.39. The summed E-state index contributed by atoms with van der Waals surface area (Å²) in [5.74, 6) is 0. The molecule has 4 heteroatoms. The average molecular weight is 266 g/mol. The van der Waals surface area contributed by atoms with Gasteiger partial charge in [-0.1, -0.05) is 19.9 Å². The lowest BCUT2D eigenvalue weighted by Crippen LogP contribution is -2.49. The molecule has 1 saturated carbocycles. The van der Waals surface area contributed by atoms with Crippen LogP contribution in [-0.2, 0) is 0 Å². The van der Waals surface area contributed by atoms with E-state index in [1.807, 2.05) is 30.1 Å². The van der Waals surface area contributed by atoms with E-state index in [-0.39, 0.29) is 12.1 Å². The van der Waals surface area contributed by atoms with E-state index in [0.717, 1.165) is 24.3 Å². The van der Waals surface area contributed by atoms with E-state index in [1.165, 1.54) is 0 Å². The molecular weight excluding hydrogens is 244 g/mol. The van der Waals surface area contributed by atoms with Crippen molar-refractivity contribution in [3.05, 3.63) is 24.4 Å². The van der Waals surface area contributed by atoms with Gasteiger partial charge in [-0.15, -0.1) is 11.8 Å². The van der Waals surface area contributed by atoms with Crippen molar-refractivity contribution in [1.29, 1.82) is 0 Å². The summed E-state index contributed by atoms with van der Waals surface area (Å²) in [6, 6.07) is 6.43. The van der Waals surface area contributed by atoms with Crippen molar-refractivity contribution >= 4 is 11.8 Å². The Bertz CT molecular complexity index is 371. The van der Waals surface area contributed by atoms with Gasteiger partial charge in [0.25, 0.3) is 0 Å². The van der Waals surface area contributed by atoms with Crippen LogP contribution in [0.15, 0.2) is 29.4 Å². The first-order valence-electron chi connectivity index (χ1n) is 6.60. The van der Waals surface area contributed by atoms with Crippen LogP contribution in [0, 0.1) is 0 Å². The van der Waals surface area contributed by atoms with E-state index in [2.05, 4.69) is 30.2 Å². The Labute approximate surface area is 113 Å². The fraction of sp³-hybridized carbons (Fsp3) is 0.643. The molecule has 1 fully saturated rings. The summed E-state index contributed by atoms with van der Waals surface area (Å²) in [5.41, 5.74) is -0.0827. The minimum atomic E-state index is -0.0827. The number of aromatic nitrogens is 1. The SMILES string of the molecule is CC(C)NC1(CO)CCC(Sc2ccccn2)C1. The number of aliphatic hydroxyl groups excluding tert-OH is 1. The van der Waals surface area contributed by atoms with Gasteiger partial charge >= 0.3 is 0 Å². The van der Waals surface area contributed by atoms with Gasteiger partial charge in [-0.25, -0.2) is 4.98 Å². The molecule has 0 radical (unpaired) electrons. The molecule has 1 aromatic heterocycles. The fourth-order valence-corrected chi connectivity index (χ4v) is 3.96. The number of thioether (sulfide) groups is 1. The monoisotopic (exact) mass is 266 g/mol. The highest BCUT2D eigenvalue weighted by Crippen LogP contribution is 2.39. The maximum Gasteiger partial charge on any atom is 0.0962 e. The number of nitrogens with zero attached hydrogens (tertiary/aromatic N) is 1. The van der Waals surface area contributed by atoms with Crippen LogP contribution in [0.5, 0.6) is 0 Å². The third-order valence-corrected chi connectivity index (χ3v) is 4.60. The Morgan fingerprint density at radius 1 is 1.56 bits per heavy atom. The van der Waals surface area contributed by atoms with Crippen LogP contribution in [0.4, 0.5) is 0 Å². The van der Waals surface area contributed by atoms with Crippen LogP contribution in [0.1, 0.15) is 33.1 Å². The summed E-state index contributed by atoms with van der Waals surface area (Å²) in [4.78, 5) is 4.36. The smallest absolute Gasteiger partial charge is 0.0962 e.